The molecular formula is C8H20N2O2. The van der Waals surface area contributed by atoms with Crippen molar-refractivity contribution < 1.29 is 9.47 Å². The van der Waals surface area contributed by atoms with Gasteiger partial charge in [0.15, 0.2) is 0 Å². The van der Waals surface area contributed by atoms with Gasteiger partial charge >= 0.3 is 0 Å². The molecule has 0 amide bonds. The zero-order valence-electron chi connectivity index (χ0n) is 7.63. The summed E-state index contributed by atoms with van der Waals surface area (Å²) < 4.78 is 10.3. The second kappa shape index (κ2) is 10.8. The van der Waals surface area contributed by atoms with Gasteiger partial charge in [-0.2, -0.15) is 0 Å². The van der Waals surface area contributed by atoms with Crippen molar-refractivity contribution in [2.75, 3.05) is 33.1 Å². The Labute approximate surface area is 74.2 Å². The summed E-state index contributed by atoms with van der Waals surface area (Å²) in [6.45, 7) is 3.32. The molecule has 4 nitrogen and oxygen atoms in total. The Kier molecular flexibility index (Phi) is 10.7. The fourth-order valence-corrected chi connectivity index (χ4v) is 0.779. The van der Waals surface area contributed by atoms with Gasteiger partial charge in [0.25, 0.3) is 0 Å². The normalized spacial score (nSPS) is 10.5. The van der Waals surface area contributed by atoms with E-state index in [2.05, 4.69) is 0 Å². The predicted molar refractivity (Wildman–Crippen MR) is 48.7 cm³/mol. The average molecular weight is 176 g/mol. The molecule has 0 aliphatic heterocycles. The molecule has 0 spiro atoms. The van der Waals surface area contributed by atoms with E-state index in [1.54, 1.807) is 0 Å². The van der Waals surface area contributed by atoms with Crippen LogP contribution in [-0.2, 0) is 9.47 Å². The van der Waals surface area contributed by atoms with Crippen LogP contribution in [0.15, 0.2) is 0 Å². The zero-order chi connectivity index (χ0) is 9.07. The number of ether oxygens (including phenoxy) is 2. The third-order valence-corrected chi connectivity index (χ3v) is 1.44. The van der Waals surface area contributed by atoms with Crippen LogP contribution in [0.1, 0.15) is 19.3 Å². The van der Waals surface area contributed by atoms with Crippen molar-refractivity contribution in [1.82, 2.24) is 0 Å². The minimum Gasteiger partial charge on any atom is -0.381 e. The van der Waals surface area contributed by atoms with Gasteiger partial charge in [-0.1, -0.05) is 0 Å². The summed E-state index contributed by atoms with van der Waals surface area (Å²) in [6, 6.07) is 0. The Morgan fingerprint density at radius 3 is 1.92 bits per heavy atom. The molecule has 0 saturated heterocycles. The Hall–Kier alpha value is -0.160. The van der Waals surface area contributed by atoms with E-state index in [1.807, 2.05) is 0 Å². The number of rotatable bonds is 9. The van der Waals surface area contributed by atoms with Gasteiger partial charge in [-0.25, -0.2) is 0 Å². The van der Waals surface area contributed by atoms with Crippen LogP contribution in [0.25, 0.3) is 0 Å². The van der Waals surface area contributed by atoms with Crippen molar-refractivity contribution >= 4 is 0 Å². The van der Waals surface area contributed by atoms with Gasteiger partial charge in [-0.05, 0) is 25.8 Å². The Bertz CT molecular complexity index is 71.5. The molecule has 0 rings (SSSR count). The molecule has 0 aromatic carbocycles. The van der Waals surface area contributed by atoms with Crippen LogP contribution in [0.3, 0.4) is 0 Å². The van der Waals surface area contributed by atoms with Crippen molar-refractivity contribution in [1.29, 1.82) is 0 Å². The highest BCUT2D eigenvalue weighted by molar-refractivity contribution is 4.39. The van der Waals surface area contributed by atoms with Gasteiger partial charge in [0.1, 0.15) is 0 Å². The van der Waals surface area contributed by atoms with E-state index < -0.39 is 0 Å². The van der Waals surface area contributed by atoms with E-state index in [0.717, 1.165) is 39.1 Å². The lowest BCUT2D eigenvalue weighted by atomic mass is 10.3. The van der Waals surface area contributed by atoms with Gasteiger partial charge in [-0.15, -0.1) is 0 Å². The molecule has 0 atom stereocenters. The van der Waals surface area contributed by atoms with Gasteiger partial charge < -0.3 is 20.9 Å². The van der Waals surface area contributed by atoms with E-state index in [1.165, 1.54) is 0 Å². The van der Waals surface area contributed by atoms with Crippen LogP contribution in [-0.4, -0.2) is 33.1 Å². The molecule has 0 aromatic rings. The first-order valence-electron chi connectivity index (χ1n) is 4.47. The zero-order valence-corrected chi connectivity index (χ0v) is 7.63. The molecule has 12 heavy (non-hydrogen) atoms. The fraction of sp³-hybridized carbons (Fsp3) is 1.00. The lowest BCUT2D eigenvalue weighted by Crippen LogP contribution is -2.07. The van der Waals surface area contributed by atoms with E-state index in [4.69, 9.17) is 20.9 Å². The highest BCUT2D eigenvalue weighted by Crippen LogP contribution is 1.91. The topological polar surface area (TPSA) is 70.5 Å². The molecule has 0 aromatic heterocycles. The van der Waals surface area contributed by atoms with Crippen LogP contribution in [0.2, 0.25) is 0 Å². The van der Waals surface area contributed by atoms with E-state index in [9.17, 15) is 0 Å². The van der Waals surface area contributed by atoms with E-state index in [-0.39, 0.29) is 0 Å². The minimum absolute atomic E-state index is 0.314. The number of hydrogen-bond acceptors (Lipinski definition) is 4. The number of nitrogens with two attached hydrogens (primary N) is 2. The molecule has 4 N–H and O–H groups in total. The van der Waals surface area contributed by atoms with Crippen LogP contribution < -0.4 is 11.5 Å². The average Bonchev–Trinajstić information content (AvgIpc) is 2.10. The molecule has 0 aliphatic rings. The summed E-state index contributed by atoms with van der Waals surface area (Å²) in [7, 11) is 0. The van der Waals surface area contributed by atoms with Gasteiger partial charge in [-0.3, -0.25) is 0 Å². The smallest absolute Gasteiger partial charge is 0.0940 e. The Morgan fingerprint density at radius 2 is 1.33 bits per heavy atom. The maximum absolute atomic E-state index is 5.30. The van der Waals surface area contributed by atoms with Gasteiger partial charge in [0, 0.05) is 19.8 Å². The summed E-state index contributed by atoms with van der Waals surface area (Å²) in [4.78, 5) is 0. The molecule has 0 aliphatic carbocycles. The quantitative estimate of drug-likeness (QED) is 0.385. The lowest BCUT2D eigenvalue weighted by Gasteiger charge is -2.02. The van der Waals surface area contributed by atoms with Crippen LogP contribution in [0, 0.1) is 0 Å². The highest BCUT2D eigenvalue weighted by Gasteiger charge is 1.89. The Balaban J connectivity index is 2.73. The standard InChI is InChI=1S/C8H20N2O2/c9-4-3-7-11-5-1-2-6-12-8-10/h1-10H2. The second-order valence-corrected chi connectivity index (χ2v) is 2.54. The largest absolute Gasteiger partial charge is 0.381 e. The molecule has 0 heterocycles. The lowest BCUT2D eigenvalue weighted by molar-refractivity contribution is 0.105. The van der Waals surface area contributed by atoms with Crippen LogP contribution in [0.4, 0.5) is 0 Å². The second-order valence-electron chi connectivity index (χ2n) is 2.54. The molecule has 0 unspecified atom stereocenters. The first kappa shape index (κ1) is 11.8. The first-order chi connectivity index (χ1) is 5.91. The van der Waals surface area contributed by atoms with E-state index >= 15 is 0 Å². The summed E-state index contributed by atoms with van der Waals surface area (Å²) in [5, 5.41) is 0. The van der Waals surface area contributed by atoms with Gasteiger partial charge in [0.05, 0.1) is 6.73 Å². The van der Waals surface area contributed by atoms with Crippen molar-refractivity contribution in [3.63, 3.8) is 0 Å². The van der Waals surface area contributed by atoms with Crippen molar-refractivity contribution in [2.45, 2.75) is 19.3 Å². The first-order valence-corrected chi connectivity index (χ1v) is 4.47. The summed E-state index contributed by atoms with van der Waals surface area (Å²) >= 11 is 0. The number of hydrogen-bond donors (Lipinski definition) is 2. The summed E-state index contributed by atoms with van der Waals surface area (Å²) in [6.07, 6.45) is 2.99. The highest BCUT2D eigenvalue weighted by atomic mass is 16.5. The predicted octanol–water partition coefficient (Wildman–Crippen LogP) is 0.0648. The maximum Gasteiger partial charge on any atom is 0.0940 e. The molecule has 0 radical (unpaired) electrons. The molecule has 0 saturated carbocycles. The SMILES string of the molecule is NCCCOCCCCOCN. The molecule has 74 valence electrons. The van der Waals surface area contributed by atoms with Crippen molar-refractivity contribution in [3.05, 3.63) is 0 Å². The van der Waals surface area contributed by atoms with Crippen LogP contribution in [0.5, 0.6) is 0 Å². The molecule has 0 fully saturated rings. The molecule has 4 heteroatoms. The molecular weight excluding hydrogens is 156 g/mol. The maximum atomic E-state index is 5.30. The summed E-state index contributed by atoms with van der Waals surface area (Å²) in [5.41, 5.74) is 10.4. The monoisotopic (exact) mass is 176 g/mol. The number of unbranched alkanes of at least 4 members (excludes halogenated alkanes) is 1. The van der Waals surface area contributed by atoms with E-state index in [0.29, 0.717) is 13.3 Å². The summed E-state index contributed by atoms with van der Waals surface area (Å²) in [5.74, 6) is 0. The van der Waals surface area contributed by atoms with Crippen molar-refractivity contribution in [3.8, 4) is 0 Å². The van der Waals surface area contributed by atoms with Crippen molar-refractivity contribution in [2.24, 2.45) is 11.5 Å². The third-order valence-electron chi connectivity index (χ3n) is 1.44. The minimum atomic E-state index is 0.314. The molecule has 0 bridgehead atoms. The Morgan fingerprint density at radius 1 is 0.750 bits per heavy atom. The van der Waals surface area contributed by atoms with Gasteiger partial charge in [0.2, 0.25) is 0 Å². The fourth-order valence-electron chi connectivity index (χ4n) is 0.779. The van der Waals surface area contributed by atoms with Crippen LogP contribution >= 0.6 is 0 Å². The third kappa shape index (κ3) is 9.84.